The molecule has 0 heterocycles. The van der Waals surface area contributed by atoms with Gasteiger partial charge in [-0.3, -0.25) is 0 Å². The standard InChI is InChI=1S/C15H20O2S/c1-11(2)13-5-7-14(8-6-13)18-10-9-12(3)15(16)17-4/h5-9,11H,10H2,1-4H3. The number of esters is 1. The highest BCUT2D eigenvalue weighted by molar-refractivity contribution is 7.99. The first-order valence-corrected chi connectivity index (χ1v) is 7.01. The van der Waals surface area contributed by atoms with Crippen LogP contribution >= 0.6 is 11.8 Å². The lowest BCUT2D eigenvalue weighted by Gasteiger charge is -2.06. The average Bonchev–Trinajstić information content (AvgIpc) is 2.38. The quantitative estimate of drug-likeness (QED) is 0.456. The van der Waals surface area contributed by atoms with Crippen molar-refractivity contribution in [3.63, 3.8) is 0 Å². The van der Waals surface area contributed by atoms with E-state index in [0.717, 1.165) is 5.75 Å². The van der Waals surface area contributed by atoms with Crippen molar-refractivity contribution in [3.05, 3.63) is 41.5 Å². The summed E-state index contributed by atoms with van der Waals surface area (Å²) in [5, 5.41) is 0. The van der Waals surface area contributed by atoms with E-state index in [1.807, 2.05) is 6.08 Å². The van der Waals surface area contributed by atoms with Crippen LogP contribution < -0.4 is 0 Å². The third kappa shape index (κ3) is 4.57. The van der Waals surface area contributed by atoms with Crippen molar-refractivity contribution in [2.75, 3.05) is 12.9 Å². The molecule has 0 bridgehead atoms. The maximum atomic E-state index is 11.2. The number of benzene rings is 1. The molecule has 98 valence electrons. The molecule has 0 aliphatic rings. The lowest BCUT2D eigenvalue weighted by atomic mass is 10.0. The van der Waals surface area contributed by atoms with E-state index in [4.69, 9.17) is 0 Å². The first-order valence-electron chi connectivity index (χ1n) is 6.02. The molecular formula is C15H20O2S. The summed E-state index contributed by atoms with van der Waals surface area (Å²) in [6, 6.07) is 8.57. The Morgan fingerprint density at radius 2 is 1.94 bits per heavy atom. The molecule has 0 N–H and O–H groups in total. The van der Waals surface area contributed by atoms with Crippen LogP contribution in [0.25, 0.3) is 0 Å². The maximum absolute atomic E-state index is 11.2. The van der Waals surface area contributed by atoms with Crippen LogP contribution in [0.4, 0.5) is 0 Å². The lowest BCUT2D eigenvalue weighted by molar-refractivity contribution is -0.136. The van der Waals surface area contributed by atoms with Gasteiger partial charge in [-0.1, -0.05) is 32.1 Å². The highest BCUT2D eigenvalue weighted by Crippen LogP contribution is 2.22. The molecule has 1 rings (SSSR count). The van der Waals surface area contributed by atoms with E-state index in [9.17, 15) is 4.79 Å². The summed E-state index contributed by atoms with van der Waals surface area (Å²) in [6.45, 7) is 6.14. The number of hydrogen-bond acceptors (Lipinski definition) is 3. The molecule has 0 spiro atoms. The SMILES string of the molecule is COC(=O)C(C)=CCSc1ccc(C(C)C)cc1. The van der Waals surface area contributed by atoms with E-state index in [0.29, 0.717) is 11.5 Å². The molecule has 18 heavy (non-hydrogen) atoms. The Morgan fingerprint density at radius 3 is 2.44 bits per heavy atom. The van der Waals surface area contributed by atoms with Gasteiger partial charge in [0, 0.05) is 16.2 Å². The first kappa shape index (κ1) is 14.8. The third-order valence-electron chi connectivity index (χ3n) is 2.69. The predicted octanol–water partition coefficient (Wildman–Crippen LogP) is 4.02. The summed E-state index contributed by atoms with van der Waals surface area (Å²) >= 11 is 1.71. The van der Waals surface area contributed by atoms with Gasteiger partial charge in [0.15, 0.2) is 0 Å². The maximum Gasteiger partial charge on any atom is 0.333 e. The van der Waals surface area contributed by atoms with Crippen LogP contribution in [-0.4, -0.2) is 18.8 Å². The molecule has 2 nitrogen and oxygen atoms in total. The second-order valence-corrected chi connectivity index (χ2v) is 5.51. The molecule has 3 heteroatoms. The lowest BCUT2D eigenvalue weighted by Crippen LogP contribution is -2.01. The molecule has 0 saturated heterocycles. The Kier molecular flexibility index (Phi) is 5.99. The fourth-order valence-electron chi connectivity index (χ4n) is 1.46. The van der Waals surface area contributed by atoms with Gasteiger partial charge < -0.3 is 4.74 Å². The van der Waals surface area contributed by atoms with Crippen molar-refractivity contribution in [2.24, 2.45) is 0 Å². The van der Waals surface area contributed by atoms with Gasteiger partial charge in [0.05, 0.1) is 7.11 Å². The van der Waals surface area contributed by atoms with Crippen molar-refractivity contribution in [2.45, 2.75) is 31.6 Å². The molecule has 0 fully saturated rings. The topological polar surface area (TPSA) is 26.3 Å². The van der Waals surface area contributed by atoms with Crippen LogP contribution in [-0.2, 0) is 9.53 Å². The van der Waals surface area contributed by atoms with E-state index in [2.05, 4.69) is 42.8 Å². The molecular weight excluding hydrogens is 244 g/mol. The molecule has 1 aromatic rings. The monoisotopic (exact) mass is 264 g/mol. The molecule has 0 unspecified atom stereocenters. The third-order valence-corrected chi connectivity index (χ3v) is 3.63. The van der Waals surface area contributed by atoms with E-state index in [1.165, 1.54) is 17.6 Å². The minimum atomic E-state index is -0.259. The Bertz CT molecular complexity index is 419. The van der Waals surface area contributed by atoms with Crippen molar-refractivity contribution in [3.8, 4) is 0 Å². The first-order chi connectivity index (χ1) is 8.54. The number of thioether (sulfide) groups is 1. The molecule has 0 saturated carbocycles. The highest BCUT2D eigenvalue weighted by Gasteiger charge is 2.02. The fourth-order valence-corrected chi connectivity index (χ4v) is 2.31. The van der Waals surface area contributed by atoms with Crippen LogP contribution in [0.5, 0.6) is 0 Å². The summed E-state index contributed by atoms with van der Waals surface area (Å²) in [5.41, 5.74) is 2.00. The van der Waals surface area contributed by atoms with Gasteiger partial charge in [0.1, 0.15) is 0 Å². The molecule has 0 radical (unpaired) electrons. The highest BCUT2D eigenvalue weighted by atomic mass is 32.2. The van der Waals surface area contributed by atoms with Crippen LogP contribution in [0.3, 0.4) is 0 Å². The summed E-state index contributed by atoms with van der Waals surface area (Å²) in [5.74, 6) is 1.08. The Morgan fingerprint density at radius 1 is 1.33 bits per heavy atom. The van der Waals surface area contributed by atoms with Crippen molar-refractivity contribution in [1.29, 1.82) is 0 Å². The molecule has 0 aromatic heterocycles. The minimum absolute atomic E-state index is 0.259. The zero-order valence-electron chi connectivity index (χ0n) is 11.4. The summed E-state index contributed by atoms with van der Waals surface area (Å²) in [6.07, 6.45) is 1.90. The number of ether oxygens (including phenoxy) is 1. The van der Waals surface area contributed by atoms with E-state index < -0.39 is 0 Å². The van der Waals surface area contributed by atoms with Gasteiger partial charge in [-0.25, -0.2) is 4.79 Å². The second kappa shape index (κ2) is 7.27. The molecule has 0 amide bonds. The number of hydrogen-bond donors (Lipinski definition) is 0. The number of rotatable bonds is 5. The zero-order chi connectivity index (χ0) is 13.5. The van der Waals surface area contributed by atoms with Crippen LogP contribution in [0.15, 0.2) is 40.8 Å². The number of methoxy groups -OCH3 is 1. The largest absolute Gasteiger partial charge is 0.466 e. The van der Waals surface area contributed by atoms with Crippen LogP contribution in [0.1, 0.15) is 32.3 Å². The summed E-state index contributed by atoms with van der Waals surface area (Å²) in [7, 11) is 1.40. The van der Waals surface area contributed by atoms with Crippen LogP contribution in [0, 0.1) is 0 Å². The summed E-state index contributed by atoms with van der Waals surface area (Å²) in [4.78, 5) is 12.4. The van der Waals surface area contributed by atoms with Crippen molar-refractivity contribution < 1.29 is 9.53 Å². The Balaban J connectivity index is 2.51. The molecule has 0 aliphatic heterocycles. The van der Waals surface area contributed by atoms with Gasteiger partial charge in [-0.15, -0.1) is 11.8 Å². The van der Waals surface area contributed by atoms with Gasteiger partial charge in [-0.05, 0) is 30.5 Å². The number of carbonyl (C=O) groups excluding carboxylic acids is 1. The van der Waals surface area contributed by atoms with Crippen LogP contribution in [0.2, 0.25) is 0 Å². The van der Waals surface area contributed by atoms with Crippen molar-refractivity contribution in [1.82, 2.24) is 0 Å². The van der Waals surface area contributed by atoms with Gasteiger partial charge in [-0.2, -0.15) is 0 Å². The van der Waals surface area contributed by atoms with Gasteiger partial charge in [0.25, 0.3) is 0 Å². The molecule has 0 aliphatic carbocycles. The van der Waals surface area contributed by atoms with E-state index in [1.54, 1.807) is 18.7 Å². The number of carbonyl (C=O) groups is 1. The Labute approximate surface area is 113 Å². The van der Waals surface area contributed by atoms with Crippen molar-refractivity contribution >= 4 is 17.7 Å². The molecule has 1 aromatic carbocycles. The average molecular weight is 264 g/mol. The fraction of sp³-hybridized carbons (Fsp3) is 0.400. The Hall–Kier alpha value is -1.22. The summed E-state index contributed by atoms with van der Waals surface area (Å²) < 4.78 is 4.64. The van der Waals surface area contributed by atoms with E-state index >= 15 is 0 Å². The normalized spacial score (nSPS) is 11.7. The van der Waals surface area contributed by atoms with Gasteiger partial charge >= 0.3 is 5.97 Å². The minimum Gasteiger partial charge on any atom is -0.466 e. The smallest absolute Gasteiger partial charge is 0.333 e. The van der Waals surface area contributed by atoms with Gasteiger partial charge in [0.2, 0.25) is 0 Å². The van der Waals surface area contributed by atoms with E-state index in [-0.39, 0.29) is 5.97 Å². The second-order valence-electron chi connectivity index (χ2n) is 4.41. The zero-order valence-corrected chi connectivity index (χ0v) is 12.2. The predicted molar refractivity (Wildman–Crippen MR) is 77.0 cm³/mol. The molecule has 0 atom stereocenters.